The van der Waals surface area contributed by atoms with Crippen molar-refractivity contribution in [2.24, 2.45) is 0 Å². The van der Waals surface area contributed by atoms with Crippen LogP contribution in [0, 0.1) is 0 Å². The number of aliphatic carboxylic acids is 4. The van der Waals surface area contributed by atoms with E-state index in [1.165, 1.54) is 0 Å². The van der Waals surface area contributed by atoms with Gasteiger partial charge in [0, 0.05) is 36.7 Å². The maximum Gasteiger partial charge on any atom is 1.00 e. The van der Waals surface area contributed by atoms with Crippen molar-refractivity contribution in [2.75, 3.05) is 0 Å². The molecule has 0 saturated carbocycles. The Kier molecular flexibility index (Phi) is 48.9. The molecule has 12 heteroatoms. The van der Waals surface area contributed by atoms with E-state index < -0.39 is 36.7 Å². The normalized spacial score (nSPS) is 6.22. The Hall–Kier alpha value is 1.88. The standard InChI is InChI=1S/2C3H4O4.4Na/c2*4-2(5)1-3(6)7;;;;/h2*1H2,(H,4,5)(H,6,7);;;;/q;;4*+1/p-4. The summed E-state index contributed by atoms with van der Waals surface area (Å²) >= 11 is 0. The minimum Gasteiger partial charge on any atom is -0.550 e. The molecule has 0 aliphatic carbocycles. The van der Waals surface area contributed by atoms with Gasteiger partial charge in [0.15, 0.2) is 0 Å². The van der Waals surface area contributed by atoms with Gasteiger partial charge in [-0.2, -0.15) is 0 Å². The van der Waals surface area contributed by atoms with E-state index in [4.69, 9.17) is 0 Å². The molecule has 0 unspecified atom stereocenters. The number of rotatable bonds is 4. The number of hydrogen-bond acceptors (Lipinski definition) is 8. The monoisotopic (exact) mass is 296 g/mol. The predicted molar refractivity (Wildman–Crippen MR) is 29.3 cm³/mol. The first-order chi connectivity index (χ1) is 6.25. The zero-order valence-electron chi connectivity index (χ0n) is 10.7. The molecule has 0 fully saturated rings. The van der Waals surface area contributed by atoms with Gasteiger partial charge in [-0.1, -0.05) is 0 Å². The van der Waals surface area contributed by atoms with Crippen molar-refractivity contribution in [2.45, 2.75) is 12.8 Å². The van der Waals surface area contributed by atoms with Crippen molar-refractivity contribution in [1.82, 2.24) is 0 Å². The van der Waals surface area contributed by atoms with Gasteiger partial charge in [-0.3, -0.25) is 0 Å². The van der Waals surface area contributed by atoms with Crippen LogP contribution in [0.25, 0.3) is 0 Å². The molecule has 0 aliphatic heterocycles. The van der Waals surface area contributed by atoms with E-state index in [1.807, 2.05) is 0 Å². The molecule has 0 bridgehead atoms. The van der Waals surface area contributed by atoms with Gasteiger partial charge in [0.2, 0.25) is 0 Å². The summed E-state index contributed by atoms with van der Waals surface area (Å²) in [6, 6.07) is 0. The van der Waals surface area contributed by atoms with Crippen molar-refractivity contribution in [3.8, 4) is 0 Å². The SMILES string of the molecule is O=C([O-])CC(=O)[O-].O=C([O-])CC(=O)[O-].[Na+].[Na+].[Na+].[Na+]. The number of carboxylic acids is 4. The van der Waals surface area contributed by atoms with Crippen LogP contribution in [0.1, 0.15) is 12.8 Å². The number of hydrogen-bond donors (Lipinski definition) is 0. The number of carbonyl (C=O) groups is 4. The Morgan fingerprint density at radius 1 is 0.500 bits per heavy atom. The summed E-state index contributed by atoms with van der Waals surface area (Å²) in [7, 11) is 0. The van der Waals surface area contributed by atoms with E-state index in [1.54, 1.807) is 0 Å². The molecular weight excluding hydrogens is 292 g/mol. The smallest absolute Gasteiger partial charge is 0.550 e. The maximum absolute atomic E-state index is 9.28. The molecule has 0 atom stereocenters. The summed E-state index contributed by atoms with van der Waals surface area (Å²) in [6.07, 6.45) is -2.06. The quantitative estimate of drug-likeness (QED) is 0.365. The van der Waals surface area contributed by atoms with Gasteiger partial charge in [0.25, 0.3) is 0 Å². The van der Waals surface area contributed by atoms with E-state index in [2.05, 4.69) is 0 Å². The molecule has 0 heterocycles. The molecule has 0 aromatic rings. The Morgan fingerprint density at radius 3 is 0.611 bits per heavy atom. The first kappa shape index (κ1) is 36.8. The summed E-state index contributed by atoms with van der Waals surface area (Å²) in [5, 5.41) is 37.1. The fraction of sp³-hybridized carbons (Fsp3) is 0.333. The minimum atomic E-state index is -1.63. The van der Waals surface area contributed by atoms with Gasteiger partial charge < -0.3 is 39.6 Å². The topological polar surface area (TPSA) is 161 Å². The van der Waals surface area contributed by atoms with Crippen molar-refractivity contribution >= 4 is 23.9 Å². The molecule has 0 radical (unpaired) electrons. The molecule has 0 aromatic carbocycles. The Labute approximate surface area is 191 Å². The second-order valence-electron chi connectivity index (χ2n) is 1.84. The van der Waals surface area contributed by atoms with Gasteiger partial charge in [-0.25, -0.2) is 0 Å². The zero-order valence-corrected chi connectivity index (χ0v) is 18.7. The molecule has 0 aromatic heterocycles. The van der Waals surface area contributed by atoms with Gasteiger partial charge in [-0.05, 0) is 0 Å². The average molecular weight is 296 g/mol. The molecule has 0 rings (SSSR count). The van der Waals surface area contributed by atoms with Gasteiger partial charge in [0.1, 0.15) is 0 Å². The first-order valence-corrected chi connectivity index (χ1v) is 3.05. The summed E-state index contributed by atoms with van der Waals surface area (Å²) in [5.41, 5.74) is 0. The molecule has 0 amide bonds. The van der Waals surface area contributed by atoms with Crippen LogP contribution in [-0.4, -0.2) is 23.9 Å². The zero-order chi connectivity index (χ0) is 11.7. The van der Waals surface area contributed by atoms with E-state index >= 15 is 0 Å². The first-order valence-electron chi connectivity index (χ1n) is 3.05. The molecule has 18 heavy (non-hydrogen) atoms. The van der Waals surface area contributed by atoms with E-state index in [9.17, 15) is 39.6 Å². The molecule has 0 aliphatic rings. The molecule has 8 nitrogen and oxygen atoms in total. The van der Waals surface area contributed by atoms with E-state index in [0.29, 0.717) is 0 Å². The van der Waals surface area contributed by atoms with Crippen LogP contribution in [-0.2, 0) is 19.2 Å². The number of carbonyl (C=O) groups excluding carboxylic acids is 4. The van der Waals surface area contributed by atoms with Crippen LogP contribution in [0.15, 0.2) is 0 Å². The van der Waals surface area contributed by atoms with Gasteiger partial charge in [0.05, 0.1) is 0 Å². The largest absolute Gasteiger partial charge is 1.00 e. The third-order valence-corrected chi connectivity index (χ3v) is 0.577. The van der Waals surface area contributed by atoms with Crippen LogP contribution in [0.3, 0.4) is 0 Å². The van der Waals surface area contributed by atoms with Crippen LogP contribution < -0.4 is 139 Å². The second-order valence-corrected chi connectivity index (χ2v) is 1.84. The molecule has 0 spiro atoms. The summed E-state index contributed by atoms with van der Waals surface area (Å²) in [4.78, 5) is 37.1. The van der Waals surface area contributed by atoms with Crippen molar-refractivity contribution in [3.05, 3.63) is 0 Å². The third kappa shape index (κ3) is 52.2. The van der Waals surface area contributed by atoms with Gasteiger partial charge in [-0.15, -0.1) is 0 Å². The van der Waals surface area contributed by atoms with Crippen LogP contribution in [0.5, 0.6) is 0 Å². The Balaban J connectivity index is -0.0000000327. The van der Waals surface area contributed by atoms with Crippen molar-refractivity contribution in [1.29, 1.82) is 0 Å². The minimum absolute atomic E-state index is 0. The van der Waals surface area contributed by atoms with Crippen molar-refractivity contribution < 1.29 is 158 Å². The van der Waals surface area contributed by atoms with E-state index in [0.717, 1.165) is 0 Å². The molecule has 80 valence electrons. The molecule has 0 saturated heterocycles. The fourth-order valence-corrected chi connectivity index (χ4v) is 0.236. The summed E-state index contributed by atoms with van der Waals surface area (Å²) in [5.74, 6) is -6.50. The third-order valence-electron chi connectivity index (χ3n) is 0.577. The summed E-state index contributed by atoms with van der Waals surface area (Å²) in [6.45, 7) is 0. The predicted octanol–water partition coefficient (Wildman–Crippen LogP) is -18.2. The number of carboxylic acid groups (broad SMARTS) is 4. The molecular formula is C6H4Na4O8. The average Bonchev–Trinajstić information content (AvgIpc) is 1.79. The van der Waals surface area contributed by atoms with Crippen LogP contribution >= 0.6 is 0 Å². The second kappa shape index (κ2) is 23.9. The van der Waals surface area contributed by atoms with Gasteiger partial charge >= 0.3 is 118 Å². The Bertz CT molecular complexity index is 206. The van der Waals surface area contributed by atoms with Crippen molar-refractivity contribution in [3.63, 3.8) is 0 Å². The molecule has 0 N–H and O–H groups in total. The maximum atomic E-state index is 9.28. The van der Waals surface area contributed by atoms with Crippen LogP contribution in [0.4, 0.5) is 0 Å². The summed E-state index contributed by atoms with van der Waals surface area (Å²) < 4.78 is 0. The van der Waals surface area contributed by atoms with Crippen LogP contribution in [0.2, 0.25) is 0 Å². The Morgan fingerprint density at radius 2 is 0.611 bits per heavy atom. The fourth-order valence-electron chi connectivity index (χ4n) is 0.236. The van der Waals surface area contributed by atoms with E-state index in [-0.39, 0.29) is 118 Å².